The van der Waals surface area contributed by atoms with E-state index in [0.29, 0.717) is 25.3 Å². The summed E-state index contributed by atoms with van der Waals surface area (Å²) in [6, 6.07) is 1.68. The first kappa shape index (κ1) is 17.4. The molecule has 0 aliphatic carbocycles. The molecule has 1 atom stereocenters. The van der Waals surface area contributed by atoms with Gasteiger partial charge in [-0.3, -0.25) is 9.59 Å². The van der Waals surface area contributed by atoms with Crippen molar-refractivity contribution in [2.45, 2.75) is 33.4 Å². The van der Waals surface area contributed by atoms with Gasteiger partial charge in [-0.15, -0.1) is 0 Å². The summed E-state index contributed by atoms with van der Waals surface area (Å²) in [6.07, 6.45) is 0.0769. The van der Waals surface area contributed by atoms with E-state index in [1.165, 1.54) is 7.11 Å². The first-order chi connectivity index (χ1) is 10.9. The number of phenols is 1. The standard InChI is InChI=1S/C16H20ClNO5/c1-4-23-16(21)9(2)5-13(19)18-7-10-6-12(22-3)15(20)14(17)11(10)8-18/h6,9,20H,4-5,7-8H2,1-3H3/t9-/m0/s1. The lowest BCUT2D eigenvalue weighted by Gasteiger charge is -2.17. The normalized spacial score (nSPS) is 14.3. The fraction of sp³-hybridized carbons (Fsp3) is 0.500. The van der Waals surface area contributed by atoms with Gasteiger partial charge in [0.05, 0.1) is 24.7 Å². The van der Waals surface area contributed by atoms with E-state index in [1.807, 2.05) is 0 Å². The number of amides is 1. The largest absolute Gasteiger partial charge is 0.503 e. The molecule has 6 nitrogen and oxygen atoms in total. The van der Waals surface area contributed by atoms with E-state index < -0.39 is 5.92 Å². The molecule has 1 aliphatic rings. The molecule has 1 aromatic rings. The summed E-state index contributed by atoms with van der Waals surface area (Å²) < 4.78 is 9.98. The van der Waals surface area contributed by atoms with Gasteiger partial charge in [-0.05, 0) is 24.1 Å². The summed E-state index contributed by atoms with van der Waals surface area (Å²) in [7, 11) is 1.44. The molecule has 1 heterocycles. The lowest BCUT2D eigenvalue weighted by Crippen LogP contribution is -2.29. The van der Waals surface area contributed by atoms with Crippen molar-refractivity contribution in [2.75, 3.05) is 13.7 Å². The van der Waals surface area contributed by atoms with Gasteiger partial charge in [0.2, 0.25) is 5.91 Å². The Kier molecular flexibility index (Phi) is 5.36. The van der Waals surface area contributed by atoms with E-state index >= 15 is 0 Å². The number of hydrogen-bond donors (Lipinski definition) is 1. The maximum atomic E-state index is 12.4. The third-order valence-electron chi connectivity index (χ3n) is 3.85. The van der Waals surface area contributed by atoms with Crippen molar-refractivity contribution in [3.05, 3.63) is 22.2 Å². The first-order valence-corrected chi connectivity index (χ1v) is 7.78. The van der Waals surface area contributed by atoms with Crippen molar-refractivity contribution in [3.63, 3.8) is 0 Å². The Balaban J connectivity index is 2.09. The number of aromatic hydroxyl groups is 1. The fourth-order valence-electron chi connectivity index (χ4n) is 2.56. The molecule has 23 heavy (non-hydrogen) atoms. The molecule has 0 fully saturated rings. The Morgan fingerprint density at radius 2 is 2.13 bits per heavy atom. The monoisotopic (exact) mass is 341 g/mol. The van der Waals surface area contributed by atoms with Crippen LogP contribution in [0.4, 0.5) is 0 Å². The predicted molar refractivity (Wildman–Crippen MR) is 84.3 cm³/mol. The van der Waals surface area contributed by atoms with Crippen molar-refractivity contribution in [1.82, 2.24) is 4.90 Å². The van der Waals surface area contributed by atoms with Crippen LogP contribution in [0.5, 0.6) is 11.5 Å². The molecular weight excluding hydrogens is 322 g/mol. The van der Waals surface area contributed by atoms with Gasteiger partial charge in [0.15, 0.2) is 11.5 Å². The van der Waals surface area contributed by atoms with E-state index in [-0.39, 0.29) is 34.8 Å². The lowest BCUT2D eigenvalue weighted by atomic mass is 10.1. The van der Waals surface area contributed by atoms with E-state index in [1.54, 1.807) is 24.8 Å². The zero-order valence-corrected chi connectivity index (χ0v) is 14.1. The third kappa shape index (κ3) is 3.52. The van der Waals surface area contributed by atoms with Gasteiger partial charge in [-0.1, -0.05) is 18.5 Å². The summed E-state index contributed by atoms with van der Waals surface area (Å²) in [5.41, 5.74) is 1.55. The van der Waals surface area contributed by atoms with Crippen LogP contribution >= 0.6 is 11.6 Å². The Morgan fingerprint density at radius 1 is 1.43 bits per heavy atom. The molecule has 1 amide bonds. The summed E-state index contributed by atoms with van der Waals surface area (Å²) in [6.45, 7) is 4.37. The van der Waals surface area contributed by atoms with Gasteiger partial charge in [-0.25, -0.2) is 0 Å². The molecule has 1 aromatic carbocycles. The van der Waals surface area contributed by atoms with E-state index in [4.69, 9.17) is 21.1 Å². The number of methoxy groups -OCH3 is 1. The zero-order valence-electron chi connectivity index (χ0n) is 13.4. The summed E-state index contributed by atoms with van der Waals surface area (Å²) in [4.78, 5) is 25.6. The fourth-order valence-corrected chi connectivity index (χ4v) is 2.84. The third-order valence-corrected chi connectivity index (χ3v) is 4.26. The molecule has 1 aliphatic heterocycles. The highest BCUT2D eigenvalue weighted by molar-refractivity contribution is 6.33. The molecule has 0 saturated heterocycles. The van der Waals surface area contributed by atoms with Crippen molar-refractivity contribution < 1.29 is 24.2 Å². The molecule has 2 rings (SSSR count). The number of hydrogen-bond acceptors (Lipinski definition) is 5. The van der Waals surface area contributed by atoms with Gasteiger partial charge >= 0.3 is 5.97 Å². The molecule has 0 aromatic heterocycles. The van der Waals surface area contributed by atoms with Crippen LogP contribution in [0.25, 0.3) is 0 Å². The number of fused-ring (bicyclic) bond motifs is 1. The van der Waals surface area contributed by atoms with E-state index in [2.05, 4.69) is 0 Å². The molecule has 126 valence electrons. The zero-order chi connectivity index (χ0) is 17.1. The molecule has 0 saturated carbocycles. The lowest BCUT2D eigenvalue weighted by molar-refractivity contribution is -0.150. The molecule has 0 radical (unpaired) electrons. The Morgan fingerprint density at radius 3 is 2.74 bits per heavy atom. The minimum absolute atomic E-state index is 0.0769. The van der Waals surface area contributed by atoms with Crippen LogP contribution in [0.15, 0.2) is 6.07 Å². The molecular formula is C16H20ClNO5. The van der Waals surface area contributed by atoms with Gasteiger partial charge in [0.25, 0.3) is 0 Å². The van der Waals surface area contributed by atoms with Crippen molar-refractivity contribution in [3.8, 4) is 11.5 Å². The van der Waals surface area contributed by atoms with E-state index in [9.17, 15) is 14.7 Å². The molecule has 1 N–H and O–H groups in total. The van der Waals surface area contributed by atoms with Gasteiger partial charge in [0.1, 0.15) is 0 Å². The van der Waals surface area contributed by atoms with Crippen LogP contribution in [0.3, 0.4) is 0 Å². The maximum absolute atomic E-state index is 12.4. The van der Waals surface area contributed by atoms with Gasteiger partial charge in [0, 0.05) is 19.5 Å². The van der Waals surface area contributed by atoms with Crippen LogP contribution in [0, 0.1) is 5.92 Å². The molecule has 7 heteroatoms. The van der Waals surface area contributed by atoms with Gasteiger partial charge < -0.3 is 19.5 Å². The Bertz CT molecular complexity index is 631. The quantitative estimate of drug-likeness (QED) is 0.833. The minimum Gasteiger partial charge on any atom is -0.503 e. The number of rotatable bonds is 5. The topological polar surface area (TPSA) is 76.1 Å². The van der Waals surface area contributed by atoms with Crippen LogP contribution in [0.2, 0.25) is 5.02 Å². The number of carbonyl (C=O) groups is 2. The average Bonchev–Trinajstić information content (AvgIpc) is 2.95. The smallest absolute Gasteiger partial charge is 0.309 e. The number of halogens is 1. The minimum atomic E-state index is -0.496. The van der Waals surface area contributed by atoms with E-state index in [0.717, 1.165) is 5.56 Å². The highest BCUT2D eigenvalue weighted by atomic mass is 35.5. The van der Waals surface area contributed by atoms with Crippen LogP contribution in [-0.4, -0.2) is 35.6 Å². The number of esters is 1. The molecule has 0 unspecified atom stereocenters. The van der Waals surface area contributed by atoms with Gasteiger partial charge in [-0.2, -0.15) is 0 Å². The highest BCUT2D eigenvalue weighted by Crippen LogP contribution is 2.42. The SMILES string of the molecule is CCOC(=O)[C@@H](C)CC(=O)N1Cc2cc(OC)c(O)c(Cl)c2C1. The van der Waals surface area contributed by atoms with Crippen LogP contribution in [-0.2, 0) is 27.4 Å². The van der Waals surface area contributed by atoms with Crippen LogP contribution < -0.4 is 4.74 Å². The Labute approximate surface area is 139 Å². The number of phenolic OH excluding ortho intramolecular Hbond substituents is 1. The average molecular weight is 342 g/mol. The second-order valence-electron chi connectivity index (χ2n) is 5.49. The molecule has 0 spiro atoms. The number of ether oxygens (including phenoxy) is 2. The first-order valence-electron chi connectivity index (χ1n) is 7.40. The molecule has 0 bridgehead atoms. The number of carbonyl (C=O) groups excluding carboxylic acids is 2. The second-order valence-corrected chi connectivity index (χ2v) is 5.86. The highest BCUT2D eigenvalue weighted by Gasteiger charge is 2.30. The second kappa shape index (κ2) is 7.08. The summed E-state index contributed by atoms with van der Waals surface area (Å²) >= 11 is 6.15. The van der Waals surface area contributed by atoms with Crippen molar-refractivity contribution >= 4 is 23.5 Å². The van der Waals surface area contributed by atoms with Crippen molar-refractivity contribution in [2.24, 2.45) is 5.92 Å². The summed E-state index contributed by atoms with van der Waals surface area (Å²) in [5, 5.41) is 10.1. The Hall–Kier alpha value is -1.95. The summed E-state index contributed by atoms with van der Waals surface area (Å²) in [5.74, 6) is -0.874. The van der Waals surface area contributed by atoms with Crippen LogP contribution in [0.1, 0.15) is 31.4 Å². The number of nitrogens with zero attached hydrogens (tertiary/aromatic N) is 1. The maximum Gasteiger partial charge on any atom is 0.309 e. The number of benzene rings is 1. The predicted octanol–water partition coefficient (Wildman–Crippen LogP) is 2.49. The van der Waals surface area contributed by atoms with Crippen molar-refractivity contribution in [1.29, 1.82) is 0 Å².